The highest BCUT2D eigenvalue weighted by atomic mass is 16.5. The lowest BCUT2D eigenvalue weighted by Crippen LogP contribution is -1.99. The van der Waals surface area contributed by atoms with E-state index in [4.69, 9.17) is 4.74 Å². The van der Waals surface area contributed by atoms with Crippen LogP contribution in [0.4, 0.5) is 0 Å². The minimum absolute atomic E-state index is 0.813. The molecule has 0 amide bonds. The zero-order chi connectivity index (χ0) is 14.2. The number of hydrogen-bond donors (Lipinski definition) is 0. The summed E-state index contributed by atoms with van der Waals surface area (Å²) in [7, 11) is 0. The second kappa shape index (κ2) is 7.73. The number of hydrogen-bond acceptors (Lipinski definition) is 2. The van der Waals surface area contributed by atoms with Gasteiger partial charge in [0.2, 0.25) is 0 Å². The van der Waals surface area contributed by atoms with Gasteiger partial charge in [-0.25, -0.2) is 4.98 Å². The zero-order valence-electron chi connectivity index (χ0n) is 12.5. The molecule has 0 saturated carbocycles. The molecule has 108 valence electrons. The molecule has 1 heterocycles. The van der Waals surface area contributed by atoms with Crippen molar-refractivity contribution >= 4 is 0 Å². The second-order valence-corrected chi connectivity index (χ2v) is 5.39. The Kier molecular flexibility index (Phi) is 5.66. The molecule has 0 aliphatic heterocycles. The van der Waals surface area contributed by atoms with Gasteiger partial charge in [0.05, 0.1) is 12.9 Å². The standard InChI is InChI=1S/C17H24N2O/c1-15-11-16(2)13-17(12-15)20-10-6-4-3-5-8-19-9-7-18-14-19/h7,9,11-14H,3-6,8,10H2,1-2H3. The van der Waals surface area contributed by atoms with Crippen LogP contribution in [0.2, 0.25) is 0 Å². The summed E-state index contributed by atoms with van der Waals surface area (Å²) in [6, 6.07) is 6.38. The fraction of sp³-hybridized carbons (Fsp3) is 0.471. The molecule has 20 heavy (non-hydrogen) atoms. The first kappa shape index (κ1) is 14.6. The molecule has 0 aliphatic rings. The first-order valence-corrected chi connectivity index (χ1v) is 7.41. The molecule has 1 aromatic carbocycles. The van der Waals surface area contributed by atoms with Crippen molar-refractivity contribution in [1.29, 1.82) is 0 Å². The van der Waals surface area contributed by atoms with Crippen LogP contribution in [0.25, 0.3) is 0 Å². The maximum atomic E-state index is 5.80. The smallest absolute Gasteiger partial charge is 0.119 e. The molecule has 3 heteroatoms. The highest BCUT2D eigenvalue weighted by Crippen LogP contribution is 2.16. The Labute approximate surface area is 121 Å². The van der Waals surface area contributed by atoms with E-state index in [1.807, 2.05) is 18.7 Å². The van der Waals surface area contributed by atoms with Crippen molar-refractivity contribution in [3.8, 4) is 5.75 Å². The van der Waals surface area contributed by atoms with Crippen LogP contribution in [0.1, 0.15) is 36.8 Å². The summed E-state index contributed by atoms with van der Waals surface area (Å²) < 4.78 is 7.94. The zero-order valence-corrected chi connectivity index (χ0v) is 12.5. The van der Waals surface area contributed by atoms with Crippen LogP contribution < -0.4 is 4.74 Å². The van der Waals surface area contributed by atoms with Gasteiger partial charge >= 0.3 is 0 Å². The molecule has 1 aromatic heterocycles. The van der Waals surface area contributed by atoms with Crippen molar-refractivity contribution in [3.63, 3.8) is 0 Å². The van der Waals surface area contributed by atoms with Crippen LogP contribution in [0.3, 0.4) is 0 Å². The number of imidazole rings is 1. The van der Waals surface area contributed by atoms with Gasteiger partial charge in [-0.2, -0.15) is 0 Å². The Bertz CT molecular complexity index is 485. The Balaban J connectivity index is 1.55. The lowest BCUT2D eigenvalue weighted by atomic mass is 10.1. The van der Waals surface area contributed by atoms with E-state index in [1.165, 1.54) is 30.4 Å². The number of unbranched alkanes of at least 4 members (excludes halogenated alkanes) is 3. The van der Waals surface area contributed by atoms with E-state index < -0.39 is 0 Å². The van der Waals surface area contributed by atoms with Crippen LogP contribution in [0.15, 0.2) is 36.9 Å². The van der Waals surface area contributed by atoms with Crippen LogP contribution in [-0.2, 0) is 6.54 Å². The summed E-state index contributed by atoms with van der Waals surface area (Å²) >= 11 is 0. The average Bonchev–Trinajstić information content (AvgIpc) is 2.89. The van der Waals surface area contributed by atoms with E-state index in [-0.39, 0.29) is 0 Å². The largest absolute Gasteiger partial charge is 0.494 e. The molecule has 0 atom stereocenters. The third-order valence-electron chi connectivity index (χ3n) is 3.33. The molecular weight excluding hydrogens is 248 g/mol. The molecule has 2 aromatic rings. The lowest BCUT2D eigenvalue weighted by Gasteiger charge is -2.08. The maximum absolute atomic E-state index is 5.80. The van der Waals surface area contributed by atoms with Crippen molar-refractivity contribution in [2.24, 2.45) is 0 Å². The van der Waals surface area contributed by atoms with Gasteiger partial charge in [0.25, 0.3) is 0 Å². The normalized spacial score (nSPS) is 10.7. The minimum Gasteiger partial charge on any atom is -0.494 e. The van der Waals surface area contributed by atoms with Crippen molar-refractivity contribution in [3.05, 3.63) is 48.0 Å². The summed E-state index contributed by atoms with van der Waals surface area (Å²) in [5.41, 5.74) is 2.53. The fourth-order valence-corrected chi connectivity index (χ4v) is 2.38. The van der Waals surface area contributed by atoms with Gasteiger partial charge in [-0.15, -0.1) is 0 Å². The number of rotatable bonds is 8. The molecule has 0 saturated heterocycles. The Morgan fingerprint density at radius 1 is 1.00 bits per heavy atom. The van der Waals surface area contributed by atoms with Gasteiger partial charge in [-0.3, -0.25) is 0 Å². The molecule has 0 spiro atoms. The Morgan fingerprint density at radius 3 is 2.45 bits per heavy atom. The molecule has 3 nitrogen and oxygen atoms in total. The summed E-state index contributed by atoms with van der Waals surface area (Å²) in [6.45, 7) is 6.10. The number of benzene rings is 1. The van der Waals surface area contributed by atoms with Gasteiger partial charge in [0, 0.05) is 18.9 Å². The molecule has 2 rings (SSSR count). The number of ether oxygens (including phenoxy) is 1. The highest BCUT2D eigenvalue weighted by molar-refractivity contribution is 5.32. The van der Waals surface area contributed by atoms with Crippen LogP contribution in [0.5, 0.6) is 5.75 Å². The SMILES string of the molecule is Cc1cc(C)cc(OCCCCCCn2ccnc2)c1. The predicted molar refractivity (Wildman–Crippen MR) is 82.1 cm³/mol. The number of aromatic nitrogens is 2. The lowest BCUT2D eigenvalue weighted by molar-refractivity contribution is 0.303. The topological polar surface area (TPSA) is 27.1 Å². The van der Waals surface area contributed by atoms with Crippen LogP contribution in [0, 0.1) is 13.8 Å². The maximum Gasteiger partial charge on any atom is 0.119 e. The quantitative estimate of drug-likeness (QED) is 0.675. The summed E-state index contributed by atoms with van der Waals surface area (Å²) in [5, 5.41) is 0. The summed E-state index contributed by atoms with van der Waals surface area (Å²) in [6.07, 6.45) is 10.5. The third kappa shape index (κ3) is 5.08. The Morgan fingerprint density at radius 2 is 1.75 bits per heavy atom. The predicted octanol–water partition coefficient (Wildman–Crippen LogP) is 4.14. The first-order valence-electron chi connectivity index (χ1n) is 7.41. The van der Waals surface area contributed by atoms with Crippen molar-refractivity contribution in [2.75, 3.05) is 6.61 Å². The van der Waals surface area contributed by atoms with E-state index in [1.54, 1.807) is 0 Å². The van der Waals surface area contributed by atoms with E-state index in [0.717, 1.165) is 25.3 Å². The van der Waals surface area contributed by atoms with E-state index in [9.17, 15) is 0 Å². The molecule has 0 aliphatic carbocycles. The molecule has 0 N–H and O–H groups in total. The first-order chi connectivity index (χ1) is 9.74. The van der Waals surface area contributed by atoms with Crippen molar-refractivity contribution < 1.29 is 4.74 Å². The fourth-order valence-electron chi connectivity index (χ4n) is 2.38. The molecule has 0 unspecified atom stereocenters. The third-order valence-corrected chi connectivity index (χ3v) is 3.33. The Hall–Kier alpha value is -1.77. The summed E-state index contributed by atoms with van der Waals surface area (Å²) in [4.78, 5) is 4.04. The van der Waals surface area contributed by atoms with Gasteiger partial charge in [0.1, 0.15) is 5.75 Å². The van der Waals surface area contributed by atoms with E-state index in [0.29, 0.717) is 0 Å². The van der Waals surface area contributed by atoms with E-state index in [2.05, 4.69) is 41.6 Å². The average molecular weight is 272 g/mol. The molecular formula is C17H24N2O. The monoisotopic (exact) mass is 272 g/mol. The molecule has 0 radical (unpaired) electrons. The van der Waals surface area contributed by atoms with Gasteiger partial charge in [0.15, 0.2) is 0 Å². The van der Waals surface area contributed by atoms with Gasteiger partial charge in [-0.05, 0) is 49.9 Å². The van der Waals surface area contributed by atoms with Crippen LogP contribution >= 0.6 is 0 Å². The number of aryl methyl sites for hydroxylation is 3. The second-order valence-electron chi connectivity index (χ2n) is 5.39. The van der Waals surface area contributed by atoms with Crippen molar-refractivity contribution in [2.45, 2.75) is 46.1 Å². The van der Waals surface area contributed by atoms with Gasteiger partial charge in [-0.1, -0.05) is 18.9 Å². The summed E-state index contributed by atoms with van der Waals surface area (Å²) in [5.74, 6) is 1.00. The van der Waals surface area contributed by atoms with Gasteiger partial charge < -0.3 is 9.30 Å². The minimum atomic E-state index is 0.813. The highest BCUT2D eigenvalue weighted by Gasteiger charge is 1.97. The van der Waals surface area contributed by atoms with E-state index >= 15 is 0 Å². The molecule has 0 bridgehead atoms. The molecule has 0 fully saturated rings. The number of nitrogens with zero attached hydrogens (tertiary/aromatic N) is 2. The van der Waals surface area contributed by atoms with Crippen molar-refractivity contribution in [1.82, 2.24) is 9.55 Å². The van der Waals surface area contributed by atoms with Crippen LogP contribution in [-0.4, -0.2) is 16.2 Å².